The summed E-state index contributed by atoms with van der Waals surface area (Å²) in [6.45, 7) is 0. The van der Waals surface area contributed by atoms with Gasteiger partial charge in [-0.2, -0.15) is 0 Å². The van der Waals surface area contributed by atoms with Crippen molar-refractivity contribution in [1.82, 2.24) is 20.4 Å². The molecule has 2 heterocycles. The number of nitrogens with zero attached hydrogens (tertiary/aromatic N) is 4. The van der Waals surface area contributed by atoms with Gasteiger partial charge in [-0.3, -0.25) is 10.1 Å². The fraction of sp³-hybridized carbons (Fsp3) is 0.150. The average molecular weight is 440 g/mol. The maximum atomic E-state index is 12.2. The summed E-state index contributed by atoms with van der Waals surface area (Å²) in [6.07, 6.45) is 0.580. The number of carbonyl (C=O) groups excluding carboxylic acids is 1. The highest BCUT2D eigenvalue weighted by Gasteiger charge is 2.14. The molecule has 4 aromatic rings. The van der Waals surface area contributed by atoms with Crippen LogP contribution in [-0.2, 0) is 11.2 Å². The third-order valence-corrected chi connectivity index (χ3v) is 5.66. The number of ether oxygens (including phenoxy) is 1. The second kappa shape index (κ2) is 9.51. The second-order valence-corrected chi connectivity index (χ2v) is 8.05. The van der Waals surface area contributed by atoms with E-state index in [1.165, 1.54) is 23.1 Å². The topological polar surface area (TPSA) is 103 Å². The third kappa shape index (κ3) is 5.02. The van der Waals surface area contributed by atoms with Gasteiger partial charge in [0, 0.05) is 17.5 Å². The van der Waals surface area contributed by atoms with Crippen LogP contribution in [0.15, 0.2) is 64.2 Å². The van der Waals surface area contributed by atoms with Crippen LogP contribution in [0.2, 0.25) is 0 Å². The number of amides is 1. The van der Waals surface area contributed by atoms with Gasteiger partial charge in [-0.25, -0.2) is 0 Å². The zero-order valence-corrected chi connectivity index (χ0v) is 17.6. The predicted molar refractivity (Wildman–Crippen MR) is 115 cm³/mol. The van der Waals surface area contributed by atoms with Crippen LogP contribution in [0.1, 0.15) is 10.6 Å². The van der Waals surface area contributed by atoms with Gasteiger partial charge in [-0.15, -0.1) is 20.4 Å². The van der Waals surface area contributed by atoms with E-state index in [2.05, 4.69) is 25.7 Å². The van der Waals surface area contributed by atoms with E-state index in [-0.39, 0.29) is 11.7 Å². The minimum absolute atomic E-state index is 0.123. The molecule has 1 amide bonds. The molecule has 0 aliphatic heterocycles. The molecule has 8 nitrogen and oxygen atoms in total. The number of nitrogens with one attached hydrogen (secondary N) is 1. The van der Waals surface area contributed by atoms with E-state index in [4.69, 9.17) is 9.15 Å². The molecule has 0 saturated carbocycles. The summed E-state index contributed by atoms with van der Waals surface area (Å²) in [7, 11) is 1.63. The summed E-state index contributed by atoms with van der Waals surface area (Å²) in [5, 5.41) is 20.5. The Morgan fingerprint density at radius 1 is 1.07 bits per heavy atom. The van der Waals surface area contributed by atoms with Gasteiger partial charge in [-0.1, -0.05) is 59.5 Å². The molecule has 4 rings (SSSR count). The number of thioether (sulfide) groups is 1. The Hall–Kier alpha value is -3.24. The number of anilines is 1. The first-order valence-corrected chi connectivity index (χ1v) is 10.8. The smallest absolute Gasteiger partial charge is 0.277 e. The van der Waals surface area contributed by atoms with Crippen LogP contribution in [0.3, 0.4) is 0 Å². The zero-order valence-electron chi connectivity index (χ0n) is 15.9. The lowest BCUT2D eigenvalue weighted by molar-refractivity contribution is -0.113. The number of methoxy groups -OCH3 is 1. The van der Waals surface area contributed by atoms with Crippen LogP contribution in [0.4, 0.5) is 5.13 Å². The highest BCUT2D eigenvalue weighted by molar-refractivity contribution is 7.99. The van der Waals surface area contributed by atoms with Crippen LogP contribution < -0.4 is 10.1 Å². The van der Waals surface area contributed by atoms with Crippen LogP contribution in [-0.4, -0.2) is 39.2 Å². The standard InChI is InChI=1S/C20H17N5O3S2/c1-27-15-10-6-5-9-14(15)11-17-22-24-19(30-17)21-16(26)12-29-20-25-23-18(28-20)13-7-3-2-4-8-13/h2-10H,11-12H2,1H3,(H,21,24,26). The number of aromatic nitrogens is 4. The van der Waals surface area contributed by atoms with Gasteiger partial charge in [0.15, 0.2) is 0 Å². The molecule has 0 fully saturated rings. The molecule has 30 heavy (non-hydrogen) atoms. The molecule has 0 atom stereocenters. The van der Waals surface area contributed by atoms with E-state index in [1.807, 2.05) is 54.6 Å². The molecule has 1 N–H and O–H groups in total. The first-order valence-electron chi connectivity index (χ1n) is 8.97. The van der Waals surface area contributed by atoms with E-state index < -0.39 is 0 Å². The number of hydrogen-bond donors (Lipinski definition) is 1. The summed E-state index contributed by atoms with van der Waals surface area (Å²) >= 11 is 2.49. The normalized spacial score (nSPS) is 10.7. The summed E-state index contributed by atoms with van der Waals surface area (Å²) in [5.74, 6) is 1.12. The van der Waals surface area contributed by atoms with Gasteiger partial charge >= 0.3 is 0 Å². The van der Waals surface area contributed by atoms with Gasteiger partial charge in [-0.05, 0) is 18.2 Å². The van der Waals surface area contributed by atoms with Crippen molar-refractivity contribution in [2.75, 3.05) is 18.2 Å². The maximum absolute atomic E-state index is 12.2. The SMILES string of the molecule is COc1ccccc1Cc1nnc(NC(=O)CSc2nnc(-c3ccccc3)o2)s1. The Morgan fingerprint density at radius 2 is 1.87 bits per heavy atom. The first-order chi connectivity index (χ1) is 14.7. The average Bonchev–Trinajstić information content (AvgIpc) is 3.43. The minimum atomic E-state index is -0.223. The van der Waals surface area contributed by atoms with Gasteiger partial charge in [0.05, 0.1) is 12.9 Å². The van der Waals surface area contributed by atoms with E-state index in [0.29, 0.717) is 22.7 Å². The molecule has 0 aliphatic rings. The zero-order chi connectivity index (χ0) is 20.8. The van der Waals surface area contributed by atoms with Crippen molar-refractivity contribution < 1.29 is 13.9 Å². The van der Waals surface area contributed by atoms with Crippen molar-refractivity contribution in [3.05, 3.63) is 65.2 Å². The fourth-order valence-corrected chi connectivity index (χ4v) is 3.98. The molecule has 0 bridgehead atoms. The number of rotatable bonds is 8. The van der Waals surface area contributed by atoms with Crippen LogP contribution >= 0.6 is 23.1 Å². The quantitative estimate of drug-likeness (QED) is 0.412. The molecule has 0 radical (unpaired) electrons. The second-order valence-electron chi connectivity index (χ2n) is 6.07. The fourth-order valence-electron chi connectivity index (χ4n) is 2.64. The molecule has 152 valence electrons. The summed E-state index contributed by atoms with van der Waals surface area (Å²) in [5.41, 5.74) is 1.84. The Kier molecular flexibility index (Phi) is 6.35. The van der Waals surface area contributed by atoms with Crippen molar-refractivity contribution in [3.63, 3.8) is 0 Å². The Balaban J connectivity index is 1.30. The van der Waals surface area contributed by atoms with E-state index in [1.54, 1.807) is 7.11 Å². The molecule has 10 heteroatoms. The summed E-state index contributed by atoms with van der Waals surface area (Å²) < 4.78 is 10.9. The summed E-state index contributed by atoms with van der Waals surface area (Å²) in [4.78, 5) is 12.2. The monoisotopic (exact) mass is 439 g/mol. The first kappa shape index (κ1) is 20.0. The highest BCUT2D eigenvalue weighted by atomic mass is 32.2. The van der Waals surface area contributed by atoms with Crippen LogP contribution in [0.25, 0.3) is 11.5 Å². The third-order valence-electron chi connectivity index (χ3n) is 4.00. The molecule has 2 aromatic carbocycles. The lowest BCUT2D eigenvalue weighted by Gasteiger charge is -2.05. The van der Waals surface area contributed by atoms with Crippen molar-refractivity contribution in [2.45, 2.75) is 11.6 Å². The Morgan fingerprint density at radius 3 is 2.70 bits per heavy atom. The summed E-state index contributed by atoms with van der Waals surface area (Å²) in [6, 6.07) is 17.2. The van der Waals surface area contributed by atoms with Gasteiger partial charge in [0.2, 0.25) is 16.9 Å². The lowest BCUT2D eigenvalue weighted by atomic mass is 10.1. The number of hydrogen-bond acceptors (Lipinski definition) is 9. The van der Waals surface area contributed by atoms with E-state index in [0.717, 1.165) is 21.9 Å². The van der Waals surface area contributed by atoms with Gasteiger partial charge in [0.1, 0.15) is 10.8 Å². The van der Waals surface area contributed by atoms with Crippen molar-refractivity contribution in [1.29, 1.82) is 0 Å². The van der Waals surface area contributed by atoms with Crippen molar-refractivity contribution in [3.8, 4) is 17.2 Å². The van der Waals surface area contributed by atoms with E-state index in [9.17, 15) is 4.79 Å². The minimum Gasteiger partial charge on any atom is -0.496 e. The number of carbonyl (C=O) groups is 1. The largest absolute Gasteiger partial charge is 0.496 e. The molecule has 2 aromatic heterocycles. The number of para-hydroxylation sites is 1. The molecular formula is C20H17N5O3S2. The Labute approximate surface area is 180 Å². The molecule has 0 saturated heterocycles. The predicted octanol–water partition coefficient (Wildman–Crippen LogP) is 3.92. The highest BCUT2D eigenvalue weighted by Crippen LogP contribution is 2.25. The Bertz CT molecular complexity index is 1130. The lowest BCUT2D eigenvalue weighted by Crippen LogP contribution is -2.13. The molecular weight excluding hydrogens is 422 g/mol. The van der Waals surface area contributed by atoms with Crippen LogP contribution in [0, 0.1) is 0 Å². The van der Waals surface area contributed by atoms with E-state index >= 15 is 0 Å². The molecule has 0 aliphatic carbocycles. The van der Waals surface area contributed by atoms with Crippen molar-refractivity contribution in [2.24, 2.45) is 0 Å². The van der Waals surface area contributed by atoms with Crippen LogP contribution in [0.5, 0.6) is 5.75 Å². The number of benzene rings is 2. The molecule has 0 spiro atoms. The van der Waals surface area contributed by atoms with Gasteiger partial charge in [0.25, 0.3) is 5.22 Å². The maximum Gasteiger partial charge on any atom is 0.277 e. The van der Waals surface area contributed by atoms with Crippen molar-refractivity contribution >= 4 is 34.1 Å². The van der Waals surface area contributed by atoms with Gasteiger partial charge < -0.3 is 9.15 Å². The molecule has 0 unspecified atom stereocenters.